The van der Waals surface area contributed by atoms with E-state index in [2.05, 4.69) is 33.8 Å². The van der Waals surface area contributed by atoms with Gasteiger partial charge in [-0.15, -0.1) is 0 Å². The van der Waals surface area contributed by atoms with E-state index in [1.807, 2.05) is 13.0 Å². The standard InChI is InChI=1S/C27H39NO4/c1-7-26-14-18(25(5,30)24(2,3)4)21(31-6)22-27(26)12-8-9-16(26)13-15-10-11-17(23(28)29)20(32-22)19(15)27/h10-11,16,18,21-22,30H,7-9,12-14H2,1-6H3,(H2,28,29)/t16-,18+,21?,22+,25+,26-,27+/m1/s1. The molecule has 0 aromatic heterocycles. The minimum atomic E-state index is -0.934. The van der Waals surface area contributed by atoms with Gasteiger partial charge in [0.1, 0.15) is 18.0 Å². The highest BCUT2D eigenvalue weighted by molar-refractivity contribution is 5.97. The summed E-state index contributed by atoms with van der Waals surface area (Å²) in [4.78, 5) is 12.4. The monoisotopic (exact) mass is 441 g/mol. The van der Waals surface area contributed by atoms with Crippen molar-refractivity contribution in [1.29, 1.82) is 0 Å². The molecule has 1 unspecified atom stereocenters. The van der Waals surface area contributed by atoms with E-state index in [1.165, 1.54) is 17.5 Å². The van der Waals surface area contributed by atoms with Gasteiger partial charge in [-0.3, -0.25) is 4.79 Å². The van der Waals surface area contributed by atoms with Crippen molar-refractivity contribution in [3.63, 3.8) is 0 Å². The van der Waals surface area contributed by atoms with E-state index in [4.69, 9.17) is 15.2 Å². The minimum absolute atomic E-state index is 0.0133. The van der Waals surface area contributed by atoms with Crippen molar-refractivity contribution in [2.75, 3.05) is 7.11 Å². The lowest BCUT2D eigenvalue weighted by atomic mass is 9.37. The minimum Gasteiger partial charge on any atom is -0.486 e. The number of ether oxygens (including phenoxy) is 2. The number of nitrogens with two attached hydrogens (primary N) is 1. The van der Waals surface area contributed by atoms with Crippen molar-refractivity contribution in [2.24, 2.45) is 28.4 Å². The third-order valence-electron chi connectivity index (χ3n) is 10.4. The molecular formula is C27H39NO4. The second-order valence-corrected chi connectivity index (χ2v) is 12.1. The van der Waals surface area contributed by atoms with Crippen molar-refractivity contribution < 1.29 is 19.4 Å². The Labute approximate surface area is 192 Å². The summed E-state index contributed by atoms with van der Waals surface area (Å²) in [5.41, 5.74) is 7.41. The zero-order chi connectivity index (χ0) is 23.3. The predicted octanol–water partition coefficient (Wildman–Crippen LogP) is 4.37. The van der Waals surface area contributed by atoms with Gasteiger partial charge in [0.25, 0.3) is 5.91 Å². The first-order valence-electron chi connectivity index (χ1n) is 12.3. The van der Waals surface area contributed by atoms with E-state index in [9.17, 15) is 9.90 Å². The quantitative estimate of drug-likeness (QED) is 0.727. The van der Waals surface area contributed by atoms with E-state index in [0.717, 1.165) is 32.1 Å². The molecule has 0 radical (unpaired) electrons. The van der Waals surface area contributed by atoms with Crippen molar-refractivity contribution in [1.82, 2.24) is 0 Å². The second kappa shape index (κ2) is 6.73. The third kappa shape index (κ3) is 2.39. The molecule has 5 nitrogen and oxygen atoms in total. The summed E-state index contributed by atoms with van der Waals surface area (Å²) < 4.78 is 13.0. The van der Waals surface area contributed by atoms with E-state index in [0.29, 0.717) is 17.2 Å². The summed E-state index contributed by atoms with van der Waals surface area (Å²) in [6.45, 7) is 10.6. The van der Waals surface area contributed by atoms with Crippen LogP contribution in [0.1, 0.15) is 88.2 Å². The molecule has 3 aliphatic carbocycles. The van der Waals surface area contributed by atoms with Gasteiger partial charge in [0.15, 0.2) is 0 Å². The number of benzene rings is 1. The summed E-state index contributed by atoms with van der Waals surface area (Å²) in [5.74, 6) is 0.724. The van der Waals surface area contributed by atoms with Crippen LogP contribution in [-0.2, 0) is 16.6 Å². The molecule has 0 saturated heterocycles. The van der Waals surface area contributed by atoms with E-state index in [-0.39, 0.29) is 34.4 Å². The summed E-state index contributed by atoms with van der Waals surface area (Å²) in [5, 5.41) is 11.9. The maximum atomic E-state index is 12.4. The van der Waals surface area contributed by atoms with Gasteiger partial charge < -0.3 is 20.3 Å². The fourth-order valence-electron chi connectivity index (χ4n) is 8.38. The number of rotatable bonds is 4. The first-order chi connectivity index (χ1) is 15.0. The maximum absolute atomic E-state index is 12.4. The molecule has 5 heteroatoms. The molecule has 1 aromatic rings. The summed E-state index contributed by atoms with van der Waals surface area (Å²) in [7, 11) is 1.75. The number of aliphatic hydroxyl groups is 1. The van der Waals surface area contributed by atoms with Gasteiger partial charge in [-0.1, -0.05) is 40.2 Å². The molecule has 176 valence electrons. The van der Waals surface area contributed by atoms with Gasteiger partial charge in [0, 0.05) is 24.0 Å². The first kappa shape index (κ1) is 22.2. The molecule has 4 aliphatic rings. The van der Waals surface area contributed by atoms with Crippen LogP contribution in [0.5, 0.6) is 5.75 Å². The van der Waals surface area contributed by atoms with Crippen LogP contribution in [0.3, 0.4) is 0 Å². The van der Waals surface area contributed by atoms with Crippen LogP contribution in [0, 0.1) is 22.7 Å². The van der Waals surface area contributed by atoms with Crippen LogP contribution in [0.2, 0.25) is 0 Å². The highest BCUT2D eigenvalue weighted by Crippen LogP contribution is 2.73. The van der Waals surface area contributed by atoms with Gasteiger partial charge >= 0.3 is 0 Å². The number of hydrogen-bond donors (Lipinski definition) is 2. The molecule has 1 spiro atoms. The van der Waals surface area contributed by atoms with E-state index >= 15 is 0 Å². The van der Waals surface area contributed by atoms with Crippen molar-refractivity contribution >= 4 is 5.91 Å². The Kier molecular flexibility index (Phi) is 4.67. The molecule has 2 saturated carbocycles. The lowest BCUT2D eigenvalue weighted by Crippen LogP contribution is -2.72. The Balaban J connectivity index is 1.79. The normalized spacial score (nSPS) is 39.1. The zero-order valence-corrected chi connectivity index (χ0v) is 20.5. The smallest absolute Gasteiger partial charge is 0.252 e. The average Bonchev–Trinajstić information content (AvgIpc) is 3.05. The second-order valence-electron chi connectivity index (χ2n) is 12.1. The van der Waals surface area contributed by atoms with Crippen molar-refractivity contribution in [2.45, 2.75) is 96.4 Å². The first-order valence-corrected chi connectivity index (χ1v) is 12.3. The highest BCUT2D eigenvalue weighted by atomic mass is 16.5. The Morgan fingerprint density at radius 3 is 2.62 bits per heavy atom. The molecular weight excluding hydrogens is 402 g/mol. The molecule has 1 aromatic carbocycles. The molecule has 1 amide bonds. The molecule has 2 fully saturated rings. The predicted molar refractivity (Wildman–Crippen MR) is 124 cm³/mol. The number of carbonyl (C=O) groups is 1. The zero-order valence-electron chi connectivity index (χ0n) is 20.5. The van der Waals surface area contributed by atoms with E-state index in [1.54, 1.807) is 7.11 Å². The van der Waals surface area contributed by atoms with E-state index < -0.39 is 11.5 Å². The summed E-state index contributed by atoms with van der Waals surface area (Å²) >= 11 is 0. The van der Waals surface area contributed by atoms with Crippen LogP contribution >= 0.6 is 0 Å². The van der Waals surface area contributed by atoms with Crippen molar-refractivity contribution in [3.05, 3.63) is 28.8 Å². The molecule has 3 N–H and O–H groups in total. The van der Waals surface area contributed by atoms with Crippen LogP contribution in [0.25, 0.3) is 0 Å². The van der Waals surface area contributed by atoms with Gasteiger partial charge in [-0.25, -0.2) is 0 Å². The number of primary amides is 1. The van der Waals surface area contributed by atoms with Gasteiger partial charge in [-0.05, 0) is 67.4 Å². The fourth-order valence-corrected chi connectivity index (χ4v) is 8.38. The highest BCUT2D eigenvalue weighted by Gasteiger charge is 2.74. The van der Waals surface area contributed by atoms with Crippen LogP contribution in [-0.4, -0.2) is 35.9 Å². The Morgan fingerprint density at radius 1 is 1.31 bits per heavy atom. The van der Waals surface area contributed by atoms with Gasteiger partial charge in [0.2, 0.25) is 0 Å². The fraction of sp³-hybridized carbons (Fsp3) is 0.741. The largest absolute Gasteiger partial charge is 0.486 e. The molecule has 32 heavy (non-hydrogen) atoms. The van der Waals surface area contributed by atoms with Crippen LogP contribution < -0.4 is 10.5 Å². The molecule has 2 bridgehead atoms. The lowest BCUT2D eigenvalue weighted by Gasteiger charge is -2.67. The SMILES string of the molecule is CC[C@]12C[C@H]([C@](C)(O)C(C)(C)C)C(OC)[C@@H]3Oc4c(C(N)=O)ccc5c4[C@@]31CCC[C@@H]2C5. The maximum Gasteiger partial charge on any atom is 0.252 e. The topological polar surface area (TPSA) is 81.8 Å². The van der Waals surface area contributed by atoms with Gasteiger partial charge in [-0.2, -0.15) is 0 Å². The van der Waals surface area contributed by atoms with Crippen LogP contribution in [0.4, 0.5) is 0 Å². The summed E-state index contributed by atoms with van der Waals surface area (Å²) in [6, 6.07) is 3.97. The number of methoxy groups -OCH3 is 1. The Bertz CT molecular complexity index is 963. The Morgan fingerprint density at radius 2 is 2.03 bits per heavy atom. The number of amides is 1. The third-order valence-corrected chi connectivity index (χ3v) is 10.4. The summed E-state index contributed by atoms with van der Waals surface area (Å²) in [6.07, 6.45) is 5.86. The lowest BCUT2D eigenvalue weighted by molar-refractivity contribution is -0.231. The average molecular weight is 442 g/mol. The molecule has 5 rings (SSSR count). The number of carbonyl (C=O) groups excluding carboxylic acids is 1. The molecule has 1 heterocycles. The molecule has 7 atom stereocenters. The number of hydrogen-bond acceptors (Lipinski definition) is 4. The van der Waals surface area contributed by atoms with Crippen LogP contribution in [0.15, 0.2) is 12.1 Å². The van der Waals surface area contributed by atoms with Gasteiger partial charge in [0.05, 0.1) is 11.2 Å². The Hall–Kier alpha value is -1.59. The van der Waals surface area contributed by atoms with Crippen molar-refractivity contribution in [3.8, 4) is 5.75 Å². The molecule has 1 aliphatic heterocycles.